The molecule has 0 radical (unpaired) electrons. The highest BCUT2D eigenvalue weighted by Gasteiger charge is 2.63. The van der Waals surface area contributed by atoms with Crippen LogP contribution in [0.5, 0.6) is 0 Å². The fraction of sp³-hybridized carbons (Fsp3) is 0.273. The topological polar surface area (TPSA) is 68.0 Å². The highest BCUT2D eigenvalue weighted by molar-refractivity contribution is 6.07. The summed E-state index contributed by atoms with van der Waals surface area (Å²) in [4.78, 5) is 43.4. The molecule has 0 unspecified atom stereocenters. The Bertz CT molecular complexity index is 921. The molecule has 0 spiro atoms. The van der Waals surface area contributed by atoms with Crippen LogP contribution in [0.3, 0.4) is 0 Å². The SMILES string of the molecule is [C-]#[N+][C@](C(=O)OCC)(c1ccccc1)[C@H]1CC(=O)N(Cc2ccccc2)C1=O. The van der Waals surface area contributed by atoms with Gasteiger partial charge in [-0.2, -0.15) is 0 Å². The lowest BCUT2D eigenvalue weighted by Crippen LogP contribution is -2.45. The Morgan fingerprint density at radius 2 is 1.75 bits per heavy atom. The van der Waals surface area contributed by atoms with Crippen LogP contribution in [0.15, 0.2) is 60.7 Å². The number of rotatable bonds is 6. The molecule has 1 saturated heterocycles. The molecule has 0 N–H and O–H groups in total. The molecule has 3 rings (SSSR count). The lowest BCUT2D eigenvalue weighted by atomic mass is 9.77. The average Bonchev–Trinajstić information content (AvgIpc) is 2.99. The first kappa shape index (κ1) is 19.3. The quantitative estimate of drug-likeness (QED) is 0.442. The van der Waals surface area contributed by atoms with E-state index in [1.807, 2.05) is 30.3 Å². The van der Waals surface area contributed by atoms with Crippen molar-refractivity contribution in [1.82, 2.24) is 4.90 Å². The first-order valence-corrected chi connectivity index (χ1v) is 9.04. The number of likely N-dealkylation sites (tertiary alicyclic amines) is 1. The van der Waals surface area contributed by atoms with E-state index in [0.29, 0.717) is 5.56 Å². The summed E-state index contributed by atoms with van der Waals surface area (Å²) in [6.45, 7) is 9.63. The number of hydrogen-bond donors (Lipinski definition) is 0. The fourth-order valence-corrected chi connectivity index (χ4v) is 3.52. The Hall–Kier alpha value is -3.46. The second-order valence-electron chi connectivity index (χ2n) is 6.53. The molecule has 0 aliphatic carbocycles. The summed E-state index contributed by atoms with van der Waals surface area (Å²) >= 11 is 0. The summed E-state index contributed by atoms with van der Waals surface area (Å²) in [7, 11) is 0. The van der Waals surface area contributed by atoms with E-state index in [2.05, 4.69) is 4.85 Å². The van der Waals surface area contributed by atoms with E-state index >= 15 is 0 Å². The molecule has 2 aromatic rings. The summed E-state index contributed by atoms with van der Waals surface area (Å²) < 4.78 is 5.17. The first-order chi connectivity index (χ1) is 13.5. The number of nitrogens with zero attached hydrogens (tertiary/aromatic N) is 2. The van der Waals surface area contributed by atoms with E-state index in [9.17, 15) is 14.4 Å². The molecule has 1 heterocycles. The van der Waals surface area contributed by atoms with Gasteiger partial charge in [0.2, 0.25) is 11.8 Å². The van der Waals surface area contributed by atoms with Gasteiger partial charge in [-0.25, -0.2) is 11.4 Å². The average molecular weight is 376 g/mol. The standard InChI is InChI=1S/C22H20N2O4/c1-3-28-21(27)22(23-2,17-12-8-5-9-13-17)18-14-19(25)24(20(18)26)15-16-10-6-4-7-11-16/h4-13,18H,3,14-15H2,1H3/t18-,22+/m0/s1. The molecule has 6 nitrogen and oxygen atoms in total. The van der Waals surface area contributed by atoms with Gasteiger partial charge in [-0.1, -0.05) is 60.7 Å². The molecule has 2 aromatic carbocycles. The molecule has 2 amide bonds. The van der Waals surface area contributed by atoms with Gasteiger partial charge in [0.15, 0.2) is 0 Å². The number of benzene rings is 2. The van der Waals surface area contributed by atoms with Crippen LogP contribution in [0.2, 0.25) is 0 Å². The zero-order chi connectivity index (χ0) is 20.1. The Balaban J connectivity index is 2.01. The van der Waals surface area contributed by atoms with Gasteiger partial charge < -0.3 is 4.74 Å². The Kier molecular flexibility index (Phi) is 5.55. The van der Waals surface area contributed by atoms with E-state index in [1.165, 1.54) is 0 Å². The molecular formula is C22H20N2O4. The van der Waals surface area contributed by atoms with Crippen molar-refractivity contribution in [2.75, 3.05) is 6.61 Å². The smallest absolute Gasteiger partial charge is 0.399 e. The van der Waals surface area contributed by atoms with Crippen molar-refractivity contribution in [1.29, 1.82) is 0 Å². The Labute approximate surface area is 163 Å². The lowest BCUT2D eigenvalue weighted by Gasteiger charge is -2.25. The molecule has 1 aliphatic rings. The monoisotopic (exact) mass is 376 g/mol. The highest BCUT2D eigenvalue weighted by atomic mass is 16.5. The summed E-state index contributed by atoms with van der Waals surface area (Å²) in [6, 6.07) is 17.5. The van der Waals surface area contributed by atoms with Crippen LogP contribution in [0.4, 0.5) is 0 Å². The predicted molar refractivity (Wildman–Crippen MR) is 101 cm³/mol. The molecule has 1 aliphatic heterocycles. The number of hydrogen-bond acceptors (Lipinski definition) is 4. The van der Waals surface area contributed by atoms with Crippen LogP contribution in [0.1, 0.15) is 24.5 Å². The van der Waals surface area contributed by atoms with Crippen LogP contribution in [-0.4, -0.2) is 29.3 Å². The second kappa shape index (κ2) is 8.05. The highest BCUT2D eigenvalue weighted by Crippen LogP contribution is 2.42. The van der Waals surface area contributed by atoms with E-state index in [-0.39, 0.29) is 19.6 Å². The third-order valence-electron chi connectivity index (χ3n) is 4.91. The molecule has 0 bridgehead atoms. The van der Waals surface area contributed by atoms with Crippen molar-refractivity contribution in [3.8, 4) is 0 Å². The van der Waals surface area contributed by atoms with E-state index in [1.54, 1.807) is 37.3 Å². The number of carbonyl (C=O) groups excluding carboxylic acids is 3. The Morgan fingerprint density at radius 3 is 2.32 bits per heavy atom. The van der Waals surface area contributed by atoms with Gasteiger partial charge in [0, 0.05) is 12.0 Å². The first-order valence-electron chi connectivity index (χ1n) is 9.04. The van der Waals surface area contributed by atoms with Gasteiger partial charge >= 0.3 is 11.5 Å². The van der Waals surface area contributed by atoms with Gasteiger partial charge in [0.05, 0.1) is 13.2 Å². The van der Waals surface area contributed by atoms with Crippen LogP contribution >= 0.6 is 0 Å². The number of carbonyl (C=O) groups is 3. The molecule has 1 fully saturated rings. The zero-order valence-corrected chi connectivity index (χ0v) is 15.5. The lowest BCUT2D eigenvalue weighted by molar-refractivity contribution is -0.153. The van der Waals surface area contributed by atoms with E-state index in [4.69, 9.17) is 11.3 Å². The molecular weight excluding hydrogens is 356 g/mol. The van der Waals surface area contributed by atoms with Crippen molar-refractivity contribution < 1.29 is 19.1 Å². The number of esters is 1. The summed E-state index contributed by atoms with van der Waals surface area (Å²) in [5.74, 6) is -2.85. The van der Waals surface area contributed by atoms with Gasteiger partial charge in [0.25, 0.3) is 0 Å². The molecule has 28 heavy (non-hydrogen) atoms. The van der Waals surface area contributed by atoms with Crippen molar-refractivity contribution in [2.45, 2.75) is 25.4 Å². The summed E-state index contributed by atoms with van der Waals surface area (Å²) in [5.41, 5.74) is -0.722. The van der Waals surface area contributed by atoms with Crippen molar-refractivity contribution in [2.24, 2.45) is 5.92 Å². The van der Waals surface area contributed by atoms with Gasteiger partial charge in [0.1, 0.15) is 5.92 Å². The van der Waals surface area contributed by atoms with E-state index in [0.717, 1.165) is 10.5 Å². The van der Waals surface area contributed by atoms with Crippen LogP contribution in [0, 0.1) is 12.5 Å². The molecule has 0 saturated carbocycles. The third-order valence-corrected chi connectivity index (χ3v) is 4.91. The minimum absolute atomic E-state index is 0.0749. The number of ether oxygens (including phenoxy) is 1. The van der Waals surface area contributed by atoms with Crippen molar-refractivity contribution in [3.05, 3.63) is 83.2 Å². The number of imide groups is 1. The molecule has 2 atom stereocenters. The zero-order valence-electron chi connectivity index (χ0n) is 15.5. The minimum Gasteiger partial charge on any atom is -0.460 e. The maximum atomic E-state index is 13.2. The van der Waals surface area contributed by atoms with E-state index < -0.39 is 29.2 Å². The molecule has 142 valence electrons. The fourth-order valence-electron chi connectivity index (χ4n) is 3.52. The maximum Gasteiger partial charge on any atom is 0.399 e. The van der Waals surface area contributed by atoms with Crippen molar-refractivity contribution >= 4 is 17.8 Å². The summed E-state index contributed by atoms with van der Waals surface area (Å²) in [5, 5.41) is 0. The molecule has 6 heteroatoms. The Morgan fingerprint density at radius 1 is 1.14 bits per heavy atom. The largest absolute Gasteiger partial charge is 0.460 e. The van der Waals surface area contributed by atoms with Crippen LogP contribution in [0.25, 0.3) is 4.85 Å². The summed E-state index contributed by atoms with van der Waals surface area (Å²) in [6.07, 6.45) is -0.207. The van der Waals surface area contributed by atoms with Gasteiger partial charge in [-0.15, -0.1) is 0 Å². The van der Waals surface area contributed by atoms with Crippen LogP contribution < -0.4 is 0 Å². The number of amides is 2. The second-order valence-corrected chi connectivity index (χ2v) is 6.53. The maximum absolute atomic E-state index is 13.2. The minimum atomic E-state index is -1.88. The normalized spacial score (nSPS) is 18.4. The van der Waals surface area contributed by atoms with Gasteiger partial charge in [-0.3, -0.25) is 19.3 Å². The third kappa shape index (κ3) is 3.27. The predicted octanol–water partition coefficient (Wildman–Crippen LogP) is 2.94. The molecule has 0 aromatic heterocycles. The van der Waals surface area contributed by atoms with Crippen molar-refractivity contribution in [3.63, 3.8) is 0 Å². The van der Waals surface area contributed by atoms with Crippen LogP contribution in [-0.2, 0) is 31.2 Å². The van der Waals surface area contributed by atoms with Gasteiger partial charge in [-0.05, 0) is 12.5 Å².